The minimum atomic E-state index is -0.0534. The van der Waals surface area contributed by atoms with Gasteiger partial charge in [0.05, 0.1) is 12.3 Å². The van der Waals surface area contributed by atoms with Crippen LogP contribution in [0, 0.1) is 0 Å². The Balaban J connectivity index is 1.53. The van der Waals surface area contributed by atoms with Crippen molar-refractivity contribution in [2.75, 3.05) is 30.8 Å². The predicted molar refractivity (Wildman–Crippen MR) is 117 cm³/mol. The minimum absolute atomic E-state index is 0.0534. The molecular formula is C20H23N7O2S. The molecule has 3 aromatic rings. The van der Waals surface area contributed by atoms with Gasteiger partial charge in [-0.25, -0.2) is 15.0 Å². The molecule has 4 heterocycles. The first-order valence-electron chi connectivity index (χ1n) is 9.68. The second-order valence-corrected chi connectivity index (χ2v) is 7.92. The predicted octanol–water partition coefficient (Wildman–Crippen LogP) is 2.96. The number of hydrogen-bond donors (Lipinski definition) is 2. The van der Waals surface area contributed by atoms with Crippen molar-refractivity contribution < 1.29 is 9.53 Å². The number of nitrogens with zero attached hydrogens (tertiary/aromatic N) is 5. The van der Waals surface area contributed by atoms with Gasteiger partial charge in [0.15, 0.2) is 5.13 Å². The summed E-state index contributed by atoms with van der Waals surface area (Å²) >= 11 is 1.46. The lowest BCUT2D eigenvalue weighted by molar-refractivity contribution is -0.127. The Morgan fingerprint density at radius 1 is 1.43 bits per heavy atom. The van der Waals surface area contributed by atoms with E-state index in [1.54, 1.807) is 18.2 Å². The summed E-state index contributed by atoms with van der Waals surface area (Å²) in [4.78, 5) is 32.6. The zero-order chi connectivity index (χ0) is 20.9. The van der Waals surface area contributed by atoms with Gasteiger partial charge in [-0.2, -0.15) is 4.98 Å². The van der Waals surface area contributed by atoms with E-state index in [2.05, 4.69) is 37.1 Å². The van der Waals surface area contributed by atoms with Gasteiger partial charge >= 0.3 is 0 Å². The third kappa shape index (κ3) is 4.71. The van der Waals surface area contributed by atoms with Crippen LogP contribution in [-0.2, 0) is 16.1 Å². The van der Waals surface area contributed by atoms with E-state index < -0.39 is 0 Å². The van der Waals surface area contributed by atoms with Crippen molar-refractivity contribution in [3.63, 3.8) is 0 Å². The van der Waals surface area contributed by atoms with Crippen LogP contribution in [0.4, 0.5) is 16.9 Å². The van der Waals surface area contributed by atoms with Gasteiger partial charge < -0.3 is 20.3 Å². The summed E-state index contributed by atoms with van der Waals surface area (Å²) < 4.78 is 5.26. The number of ether oxygens (including phenoxy) is 1. The van der Waals surface area contributed by atoms with Crippen molar-refractivity contribution in [2.45, 2.75) is 25.5 Å². The SMILES string of the molecule is C=CC(=O)N1CCCC(Nc2nc(COC)cc(Nc3nc4cccnc4s3)n2)C1. The molecule has 1 saturated heterocycles. The van der Waals surface area contributed by atoms with Gasteiger partial charge in [-0.15, -0.1) is 0 Å². The lowest BCUT2D eigenvalue weighted by Crippen LogP contribution is -2.44. The average Bonchev–Trinajstić information content (AvgIpc) is 3.15. The van der Waals surface area contributed by atoms with Gasteiger partial charge in [0.25, 0.3) is 0 Å². The van der Waals surface area contributed by atoms with Crippen molar-refractivity contribution in [3.8, 4) is 0 Å². The number of rotatable bonds is 7. The molecule has 0 radical (unpaired) electrons. The summed E-state index contributed by atoms with van der Waals surface area (Å²) in [7, 11) is 1.63. The number of carbonyl (C=O) groups excluding carboxylic acids is 1. The van der Waals surface area contributed by atoms with Crippen LogP contribution >= 0.6 is 11.3 Å². The molecule has 0 saturated carbocycles. The molecule has 0 bridgehead atoms. The van der Waals surface area contributed by atoms with Gasteiger partial charge in [-0.05, 0) is 31.1 Å². The molecule has 4 rings (SSSR count). The zero-order valence-electron chi connectivity index (χ0n) is 16.7. The fourth-order valence-electron chi connectivity index (χ4n) is 3.39. The third-order valence-corrected chi connectivity index (χ3v) is 5.61. The van der Waals surface area contributed by atoms with Gasteiger partial charge in [-0.3, -0.25) is 4.79 Å². The van der Waals surface area contributed by atoms with E-state index in [1.807, 2.05) is 18.2 Å². The van der Waals surface area contributed by atoms with E-state index in [4.69, 9.17) is 4.74 Å². The number of anilines is 3. The first kappa shape index (κ1) is 20.2. The van der Waals surface area contributed by atoms with Crippen molar-refractivity contribution in [1.29, 1.82) is 0 Å². The molecule has 9 nitrogen and oxygen atoms in total. The molecule has 1 aliphatic rings. The van der Waals surface area contributed by atoms with E-state index in [9.17, 15) is 4.79 Å². The normalized spacial score (nSPS) is 16.4. The molecular weight excluding hydrogens is 402 g/mol. The summed E-state index contributed by atoms with van der Waals surface area (Å²) in [5.74, 6) is 1.06. The van der Waals surface area contributed by atoms with Crippen LogP contribution in [0.15, 0.2) is 37.1 Å². The Kier molecular flexibility index (Phi) is 6.15. The number of thiazole rings is 1. The Labute approximate surface area is 178 Å². The highest BCUT2D eigenvalue weighted by atomic mass is 32.1. The molecule has 2 N–H and O–H groups in total. The van der Waals surface area contributed by atoms with Crippen molar-refractivity contribution >= 4 is 44.5 Å². The quantitative estimate of drug-likeness (QED) is 0.557. The first-order valence-corrected chi connectivity index (χ1v) is 10.5. The molecule has 1 atom stereocenters. The number of fused-ring (bicyclic) bond motifs is 1. The molecule has 1 aliphatic heterocycles. The summed E-state index contributed by atoms with van der Waals surface area (Å²) in [6.07, 6.45) is 4.95. The van der Waals surface area contributed by atoms with Crippen LogP contribution < -0.4 is 10.6 Å². The number of amides is 1. The summed E-state index contributed by atoms with van der Waals surface area (Å²) in [5.41, 5.74) is 1.58. The van der Waals surface area contributed by atoms with Crippen LogP contribution in [-0.4, -0.2) is 57.0 Å². The zero-order valence-corrected chi connectivity index (χ0v) is 17.5. The molecule has 1 amide bonds. The van der Waals surface area contributed by atoms with Crippen molar-refractivity contribution in [1.82, 2.24) is 24.8 Å². The fraction of sp³-hybridized carbons (Fsp3) is 0.350. The number of likely N-dealkylation sites (tertiary alicyclic amines) is 1. The maximum Gasteiger partial charge on any atom is 0.246 e. The maximum absolute atomic E-state index is 11.9. The molecule has 30 heavy (non-hydrogen) atoms. The maximum atomic E-state index is 11.9. The van der Waals surface area contributed by atoms with E-state index in [1.165, 1.54) is 17.4 Å². The molecule has 0 aliphatic carbocycles. The van der Waals surface area contributed by atoms with Gasteiger partial charge in [0.2, 0.25) is 11.9 Å². The van der Waals surface area contributed by atoms with Crippen molar-refractivity contribution in [2.24, 2.45) is 0 Å². The number of hydrogen-bond acceptors (Lipinski definition) is 9. The Morgan fingerprint density at radius 3 is 3.13 bits per heavy atom. The molecule has 3 aromatic heterocycles. The fourth-order valence-corrected chi connectivity index (χ4v) is 4.20. The summed E-state index contributed by atoms with van der Waals surface area (Å²) in [6.45, 7) is 5.27. The Hall–Kier alpha value is -3.11. The second-order valence-electron chi connectivity index (χ2n) is 6.94. The summed E-state index contributed by atoms with van der Waals surface area (Å²) in [6, 6.07) is 5.69. The molecule has 0 spiro atoms. The molecule has 10 heteroatoms. The monoisotopic (exact) mass is 425 g/mol. The van der Waals surface area contributed by atoms with Gasteiger partial charge in [0, 0.05) is 38.5 Å². The molecule has 1 fully saturated rings. The number of carbonyl (C=O) groups is 1. The Morgan fingerprint density at radius 2 is 2.33 bits per heavy atom. The standard InChI is InChI=1S/C20H23N7O2S/c1-3-17(28)27-9-5-6-13(11-27)22-19-23-14(12-29-2)10-16(25-19)26-20-24-15-7-4-8-21-18(15)30-20/h3-4,7-8,10,13H,1,5-6,9,11-12H2,2H3,(H2,22,23,24,25,26). The number of pyridine rings is 1. The largest absolute Gasteiger partial charge is 0.378 e. The number of aromatic nitrogens is 4. The van der Waals surface area contributed by atoms with Crippen LogP contribution in [0.25, 0.3) is 10.3 Å². The van der Waals surface area contributed by atoms with Crippen LogP contribution in [0.5, 0.6) is 0 Å². The highest BCUT2D eigenvalue weighted by Gasteiger charge is 2.23. The Bertz CT molecular complexity index is 1020. The van der Waals surface area contributed by atoms with E-state index in [0.29, 0.717) is 30.0 Å². The topological polar surface area (TPSA) is 105 Å². The highest BCUT2D eigenvalue weighted by molar-refractivity contribution is 7.21. The van der Waals surface area contributed by atoms with Crippen LogP contribution in [0.2, 0.25) is 0 Å². The first-order chi connectivity index (χ1) is 14.6. The number of methoxy groups -OCH3 is 1. The second kappa shape index (κ2) is 9.14. The van der Waals surface area contributed by atoms with Gasteiger partial charge in [-0.1, -0.05) is 17.9 Å². The van der Waals surface area contributed by atoms with Gasteiger partial charge in [0.1, 0.15) is 16.2 Å². The van der Waals surface area contributed by atoms with E-state index in [0.717, 1.165) is 35.4 Å². The number of piperidine rings is 1. The lowest BCUT2D eigenvalue weighted by atomic mass is 10.1. The molecule has 1 unspecified atom stereocenters. The highest BCUT2D eigenvalue weighted by Crippen LogP contribution is 2.26. The summed E-state index contributed by atoms with van der Waals surface area (Å²) in [5, 5.41) is 7.32. The van der Waals surface area contributed by atoms with E-state index in [-0.39, 0.29) is 11.9 Å². The third-order valence-electron chi connectivity index (χ3n) is 4.71. The van der Waals surface area contributed by atoms with Crippen LogP contribution in [0.1, 0.15) is 18.5 Å². The van der Waals surface area contributed by atoms with E-state index >= 15 is 0 Å². The minimum Gasteiger partial charge on any atom is -0.378 e. The number of nitrogens with one attached hydrogen (secondary N) is 2. The average molecular weight is 426 g/mol. The van der Waals surface area contributed by atoms with Crippen molar-refractivity contribution in [3.05, 3.63) is 42.7 Å². The molecule has 0 aromatic carbocycles. The smallest absolute Gasteiger partial charge is 0.246 e. The molecule has 156 valence electrons. The lowest BCUT2D eigenvalue weighted by Gasteiger charge is -2.32. The van der Waals surface area contributed by atoms with Crippen LogP contribution in [0.3, 0.4) is 0 Å².